The van der Waals surface area contributed by atoms with Crippen molar-refractivity contribution in [2.75, 3.05) is 0 Å². The lowest BCUT2D eigenvalue weighted by molar-refractivity contribution is -0.456. The van der Waals surface area contributed by atoms with Crippen LogP contribution in [0.1, 0.15) is 5.56 Å². The lowest BCUT2D eigenvalue weighted by Gasteiger charge is -1.83. The maximum Gasteiger partial charge on any atom is 0.256 e. The minimum atomic E-state index is 0.0159. The van der Waals surface area contributed by atoms with Crippen LogP contribution in [0.3, 0.4) is 0 Å². The van der Waals surface area contributed by atoms with Crippen molar-refractivity contribution >= 4 is 12.2 Å². The molecule has 0 amide bonds. The maximum absolute atomic E-state index is 5.10. The summed E-state index contributed by atoms with van der Waals surface area (Å²) in [5, 5.41) is 6.20. The normalized spacial score (nSPS) is 10.0. The molecule has 5 N–H and O–H groups in total. The van der Waals surface area contributed by atoms with Crippen molar-refractivity contribution in [2.45, 2.75) is 0 Å². The van der Waals surface area contributed by atoms with Crippen LogP contribution in [-0.2, 0) is 0 Å². The molecular weight excluding hydrogens is 152 g/mol. The van der Waals surface area contributed by atoms with E-state index in [1.165, 1.54) is 0 Å². The fourth-order valence-electron chi connectivity index (χ4n) is 0.731. The van der Waals surface area contributed by atoms with Crippen LogP contribution in [0, 0.1) is 0 Å². The Balaban J connectivity index is 2.64. The highest BCUT2D eigenvalue weighted by molar-refractivity contribution is 5.76. The van der Waals surface area contributed by atoms with Gasteiger partial charge in [0.2, 0.25) is 6.21 Å². The van der Waals surface area contributed by atoms with E-state index in [1.54, 1.807) is 6.21 Å². The summed E-state index contributed by atoms with van der Waals surface area (Å²) in [6, 6.07) is 9.69. The van der Waals surface area contributed by atoms with E-state index in [0.29, 0.717) is 0 Å². The molecule has 0 bridgehead atoms. The summed E-state index contributed by atoms with van der Waals surface area (Å²) in [5.41, 5.74) is 11.2. The first-order valence-electron chi connectivity index (χ1n) is 3.51. The van der Waals surface area contributed by atoms with E-state index in [1.807, 2.05) is 30.3 Å². The van der Waals surface area contributed by atoms with Crippen LogP contribution in [0.25, 0.3) is 0 Å². The van der Waals surface area contributed by atoms with E-state index >= 15 is 0 Å². The number of guanidine groups is 1. The van der Waals surface area contributed by atoms with Crippen molar-refractivity contribution in [1.82, 2.24) is 0 Å². The monoisotopic (exact) mass is 163 g/mol. The second-order valence-electron chi connectivity index (χ2n) is 2.22. The van der Waals surface area contributed by atoms with Crippen molar-refractivity contribution in [3.8, 4) is 0 Å². The van der Waals surface area contributed by atoms with Crippen LogP contribution >= 0.6 is 0 Å². The summed E-state index contributed by atoms with van der Waals surface area (Å²) >= 11 is 0. The SMILES string of the molecule is NC(N)=N[NH+]=Cc1ccccc1. The largest absolute Gasteiger partial charge is 0.365 e. The van der Waals surface area contributed by atoms with Gasteiger partial charge in [0.15, 0.2) is 0 Å². The van der Waals surface area contributed by atoms with E-state index in [-0.39, 0.29) is 5.96 Å². The Morgan fingerprint density at radius 3 is 2.50 bits per heavy atom. The van der Waals surface area contributed by atoms with Crippen molar-refractivity contribution in [1.29, 1.82) is 0 Å². The van der Waals surface area contributed by atoms with Crippen LogP contribution in [0.4, 0.5) is 0 Å². The Hall–Kier alpha value is -1.84. The molecular formula is C8H11N4+. The summed E-state index contributed by atoms with van der Waals surface area (Å²) in [6.45, 7) is 0. The first-order chi connectivity index (χ1) is 5.79. The van der Waals surface area contributed by atoms with Crippen LogP contribution in [0.15, 0.2) is 35.4 Å². The molecule has 0 aromatic heterocycles. The average molecular weight is 163 g/mol. The zero-order valence-electron chi connectivity index (χ0n) is 6.57. The van der Waals surface area contributed by atoms with Gasteiger partial charge in [0.1, 0.15) is 0 Å². The number of nitrogens with zero attached hydrogens (tertiary/aromatic N) is 1. The molecule has 0 atom stereocenters. The predicted octanol–water partition coefficient (Wildman–Crippen LogP) is -1.63. The minimum Gasteiger partial charge on any atom is -0.365 e. The molecule has 0 spiro atoms. The van der Waals surface area contributed by atoms with Crippen molar-refractivity contribution in [3.63, 3.8) is 0 Å². The Labute approximate surface area is 70.6 Å². The molecule has 0 saturated heterocycles. The molecule has 0 heterocycles. The molecule has 0 unspecified atom stereocenters. The van der Waals surface area contributed by atoms with Crippen LogP contribution in [0.5, 0.6) is 0 Å². The Morgan fingerprint density at radius 2 is 1.92 bits per heavy atom. The van der Waals surface area contributed by atoms with Gasteiger partial charge in [-0.2, -0.15) is 0 Å². The first-order valence-corrected chi connectivity index (χ1v) is 3.51. The Morgan fingerprint density at radius 1 is 1.25 bits per heavy atom. The summed E-state index contributed by atoms with van der Waals surface area (Å²) in [5.74, 6) is 0.0159. The molecule has 0 aliphatic rings. The summed E-state index contributed by atoms with van der Waals surface area (Å²) < 4.78 is 0. The fraction of sp³-hybridized carbons (Fsp3) is 0. The molecule has 0 aliphatic heterocycles. The first kappa shape index (κ1) is 8.26. The van der Waals surface area contributed by atoms with E-state index in [0.717, 1.165) is 5.56 Å². The number of nitrogens with one attached hydrogen (secondary N) is 1. The molecule has 0 radical (unpaired) electrons. The van der Waals surface area contributed by atoms with Crippen LogP contribution in [0.2, 0.25) is 0 Å². The molecule has 62 valence electrons. The lowest BCUT2D eigenvalue weighted by atomic mass is 10.2. The number of rotatable bonds is 2. The second kappa shape index (κ2) is 4.12. The van der Waals surface area contributed by atoms with Gasteiger partial charge < -0.3 is 11.5 Å². The number of hydrazone groups is 1. The summed E-state index contributed by atoms with van der Waals surface area (Å²) in [7, 11) is 0. The zero-order chi connectivity index (χ0) is 8.81. The highest BCUT2D eigenvalue weighted by Gasteiger charge is 1.87. The molecule has 4 nitrogen and oxygen atoms in total. The molecule has 4 heteroatoms. The van der Waals surface area contributed by atoms with Crippen molar-refractivity contribution in [3.05, 3.63) is 35.9 Å². The molecule has 1 rings (SSSR count). The smallest absolute Gasteiger partial charge is 0.256 e. The minimum absolute atomic E-state index is 0.0159. The number of nitrogens with two attached hydrogens (primary N) is 2. The van der Waals surface area contributed by atoms with Gasteiger partial charge in [-0.15, -0.1) is 5.10 Å². The Kier molecular flexibility index (Phi) is 2.84. The van der Waals surface area contributed by atoms with Gasteiger partial charge in [-0.05, 0) is 12.1 Å². The van der Waals surface area contributed by atoms with Gasteiger partial charge in [-0.1, -0.05) is 18.2 Å². The molecule has 0 fully saturated rings. The maximum atomic E-state index is 5.10. The van der Waals surface area contributed by atoms with Gasteiger partial charge in [-0.3, -0.25) is 0 Å². The van der Waals surface area contributed by atoms with E-state index in [9.17, 15) is 0 Å². The van der Waals surface area contributed by atoms with Gasteiger partial charge in [0.25, 0.3) is 5.96 Å². The van der Waals surface area contributed by atoms with Gasteiger partial charge >= 0.3 is 0 Å². The highest BCUT2D eigenvalue weighted by Crippen LogP contribution is 1.90. The quantitative estimate of drug-likeness (QED) is 0.278. The lowest BCUT2D eigenvalue weighted by Crippen LogP contribution is -2.63. The standard InChI is InChI=1S/C8H10N4/c9-8(10)12-11-6-7-4-2-1-3-5-7/h1-6H,(H4,9,10,12)/p+1. The van der Waals surface area contributed by atoms with Crippen molar-refractivity contribution < 1.29 is 5.10 Å². The highest BCUT2D eigenvalue weighted by atomic mass is 15.3. The summed E-state index contributed by atoms with van der Waals surface area (Å²) in [6.07, 6.45) is 1.71. The van der Waals surface area contributed by atoms with E-state index < -0.39 is 0 Å². The predicted molar refractivity (Wildman–Crippen MR) is 48.4 cm³/mol. The zero-order valence-corrected chi connectivity index (χ0v) is 6.57. The number of hydrogen-bond acceptors (Lipinski definition) is 1. The number of hydrogen-bond donors (Lipinski definition) is 3. The fourth-order valence-corrected chi connectivity index (χ4v) is 0.731. The van der Waals surface area contributed by atoms with E-state index in [4.69, 9.17) is 11.5 Å². The van der Waals surface area contributed by atoms with Gasteiger partial charge in [0.05, 0.1) is 0 Å². The second-order valence-corrected chi connectivity index (χ2v) is 2.22. The van der Waals surface area contributed by atoms with Crippen LogP contribution in [-0.4, -0.2) is 12.2 Å². The molecule has 0 aliphatic carbocycles. The number of benzene rings is 1. The Bertz CT molecular complexity index is 285. The topological polar surface area (TPSA) is 78.4 Å². The van der Waals surface area contributed by atoms with Crippen molar-refractivity contribution in [2.24, 2.45) is 16.6 Å². The molecule has 0 saturated carbocycles. The molecule has 1 aromatic rings. The average Bonchev–Trinajstić information content (AvgIpc) is 2.05. The molecule has 1 aromatic carbocycles. The third-order valence-electron chi connectivity index (χ3n) is 1.22. The third-order valence-corrected chi connectivity index (χ3v) is 1.22. The van der Waals surface area contributed by atoms with E-state index in [2.05, 4.69) is 10.2 Å². The van der Waals surface area contributed by atoms with Gasteiger partial charge in [-0.25, -0.2) is 0 Å². The molecule has 12 heavy (non-hydrogen) atoms. The van der Waals surface area contributed by atoms with Gasteiger partial charge in [0, 0.05) is 10.7 Å². The summed E-state index contributed by atoms with van der Waals surface area (Å²) in [4.78, 5) is 0. The van der Waals surface area contributed by atoms with Crippen LogP contribution < -0.4 is 16.6 Å². The third kappa shape index (κ3) is 2.83.